The van der Waals surface area contributed by atoms with Crippen LogP contribution in [-0.4, -0.2) is 52.3 Å². The van der Waals surface area contributed by atoms with E-state index < -0.39 is 0 Å². The molecule has 0 amide bonds. The van der Waals surface area contributed by atoms with Gasteiger partial charge in [0.05, 0.1) is 12.8 Å². The number of rotatable bonds is 6. The lowest BCUT2D eigenvalue weighted by molar-refractivity contribution is -0.0507. The van der Waals surface area contributed by atoms with E-state index >= 15 is 0 Å². The molecule has 3 heterocycles. The first kappa shape index (κ1) is 17.7. The summed E-state index contributed by atoms with van der Waals surface area (Å²) in [7, 11) is 0. The van der Waals surface area contributed by atoms with Crippen LogP contribution in [0.3, 0.4) is 0 Å². The summed E-state index contributed by atoms with van der Waals surface area (Å²) in [5, 5.41) is 0. The molecule has 1 N–H and O–H groups in total. The number of morpholine rings is 1. The normalized spacial score (nSPS) is 17.7. The minimum atomic E-state index is 0.0524. The van der Waals surface area contributed by atoms with Crippen molar-refractivity contribution in [1.29, 1.82) is 0 Å². The second kappa shape index (κ2) is 8.33. The van der Waals surface area contributed by atoms with Gasteiger partial charge in [0.1, 0.15) is 24.3 Å². The van der Waals surface area contributed by atoms with Crippen LogP contribution in [0, 0.1) is 6.92 Å². The van der Waals surface area contributed by atoms with E-state index in [4.69, 9.17) is 9.47 Å². The number of pyridine rings is 1. The van der Waals surface area contributed by atoms with Crippen molar-refractivity contribution >= 4 is 0 Å². The average Bonchev–Trinajstić information content (AvgIpc) is 3.17. The van der Waals surface area contributed by atoms with Crippen molar-refractivity contribution in [2.24, 2.45) is 0 Å². The number of H-pyrrole nitrogens is 1. The first-order valence-electron chi connectivity index (χ1n) is 9.25. The molecule has 1 aliphatic heterocycles. The van der Waals surface area contributed by atoms with Gasteiger partial charge in [-0.15, -0.1) is 0 Å². The molecule has 1 unspecified atom stereocenters. The highest BCUT2D eigenvalue weighted by atomic mass is 16.5. The fourth-order valence-electron chi connectivity index (χ4n) is 3.18. The molecule has 1 saturated heterocycles. The highest BCUT2D eigenvalue weighted by Crippen LogP contribution is 2.17. The molecule has 0 radical (unpaired) electrons. The number of aryl methyl sites for hydroxylation is 1. The monoisotopic (exact) mass is 364 g/mol. The third kappa shape index (κ3) is 4.72. The zero-order valence-corrected chi connectivity index (χ0v) is 15.5. The molecule has 6 nitrogen and oxygen atoms in total. The van der Waals surface area contributed by atoms with Gasteiger partial charge in [0.25, 0.3) is 0 Å². The summed E-state index contributed by atoms with van der Waals surface area (Å²) in [5.74, 6) is 1.69. The number of aromatic nitrogens is 3. The lowest BCUT2D eigenvalue weighted by atomic mass is 10.2. The van der Waals surface area contributed by atoms with E-state index in [-0.39, 0.29) is 6.10 Å². The molecule has 3 aromatic rings. The topological polar surface area (TPSA) is 63.3 Å². The predicted octanol–water partition coefficient (Wildman–Crippen LogP) is 3.06. The Balaban J connectivity index is 1.31. The van der Waals surface area contributed by atoms with Gasteiger partial charge in [0.15, 0.2) is 0 Å². The van der Waals surface area contributed by atoms with Crippen molar-refractivity contribution in [1.82, 2.24) is 19.9 Å². The van der Waals surface area contributed by atoms with Gasteiger partial charge < -0.3 is 14.5 Å². The maximum atomic E-state index is 5.85. The number of nitrogens with zero attached hydrogens (tertiary/aromatic N) is 3. The van der Waals surface area contributed by atoms with Crippen molar-refractivity contribution in [3.63, 3.8) is 0 Å². The Morgan fingerprint density at radius 2 is 2.04 bits per heavy atom. The summed E-state index contributed by atoms with van der Waals surface area (Å²) >= 11 is 0. The minimum absolute atomic E-state index is 0.0524. The maximum Gasteiger partial charge on any atom is 0.137 e. The quantitative estimate of drug-likeness (QED) is 0.728. The van der Waals surface area contributed by atoms with Gasteiger partial charge in [-0.25, -0.2) is 4.98 Å². The highest BCUT2D eigenvalue weighted by Gasteiger charge is 2.22. The van der Waals surface area contributed by atoms with Crippen LogP contribution in [0.4, 0.5) is 0 Å². The summed E-state index contributed by atoms with van der Waals surface area (Å²) < 4.78 is 11.7. The van der Waals surface area contributed by atoms with Crippen LogP contribution >= 0.6 is 0 Å². The average molecular weight is 364 g/mol. The zero-order chi connectivity index (χ0) is 18.5. The molecule has 2 aromatic heterocycles. The number of nitrogens with one attached hydrogen (secondary N) is 1. The van der Waals surface area contributed by atoms with Crippen LogP contribution in [-0.2, 0) is 11.3 Å². The summed E-state index contributed by atoms with van der Waals surface area (Å²) in [5.41, 5.74) is 3.19. The molecule has 6 heteroatoms. The molecule has 27 heavy (non-hydrogen) atoms. The van der Waals surface area contributed by atoms with Crippen LogP contribution in [0.1, 0.15) is 11.4 Å². The largest absolute Gasteiger partial charge is 0.489 e. The Kier molecular flexibility index (Phi) is 5.46. The van der Waals surface area contributed by atoms with E-state index in [2.05, 4.69) is 32.0 Å². The number of aromatic amines is 1. The van der Waals surface area contributed by atoms with E-state index in [1.165, 1.54) is 0 Å². The van der Waals surface area contributed by atoms with Gasteiger partial charge in [-0.1, -0.05) is 30.3 Å². The molecule has 1 aromatic carbocycles. The standard InChI is InChI=1S/C21H24N4O2/c1-16-7-8-19(12-22-16)27-15-20-14-25(9-10-26-20)13-18-11-23-21(24-18)17-5-3-2-4-6-17/h2-8,11-12,20H,9-10,13-15H2,1H3,(H,23,24). The Labute approximate surface area is 159 Å². The predicted molar refractivity (Wildman–Crippen MR) is 104 cm³/mol. The van der Waals surface area contributed by atoms with Crippen LogP contribution in [0.15, 0.2) is 54.9 Å². The van der Waals surface area contributed by atoms with Crippen molar-refractivity contribution in [2.75, 3.05) is 26.3 Å². The molecule has 1 fully saturated rings. The maximum absolute atomic E-state index is 5.85. The second-order valence-electron chi connectivity index (χ2n) is 6.80. The molecule has 1 atom stereocenters. The van der Waals surface area contributed by atoms with Crippen molar-refractivity contribution < 1.29 is 9.47 Å². The van der Waals surface area contributed by atoms with Crippen LogP contribution in [0.25, 0.3) is 11.4 Å². The van der Waals surface area contributed by atoms with Gasteiger partial charge in [0, 0.05) is 42.8 Å². The number of imidazole rings is 1. The fourth-order valence-corrected chi connectivity index (χ4v) is 3.18. The SMILES string of the molecule is Cc1ccc(OCC2CN(Cc3cnc(-c4ccccc4)[nH]3)CCO2)cn1. The summed E-state index contributed by atoms with van der Waals surface area (Å²) in [4.78, 5) is 14.6. The summed E-state index contributed by atoms with van der Waals surface area (Å²) in [6, 6.07) is 14.1. The Bertz CT molecular complexity index is 848. The second-order valence-corrected chi connectivity index (χ2v) is 6.80. The first-order valence-corrected chi connectivity index (χ1v) is 9.25. The molecule has 1 aliphatic rings. The summed E-state index contributed by atoms with van der Waals surface area (Å²) in [6.45, 7) is 5.76. The van der Waals surface area contributed by atoms with Crippen LogP contribution in [0.5, 0.6) is 5.75 Å². The first-order chi connectivity index (χ1) is 13.3. The third-order valence-corrected chi connectivity index (χ3v) is 4.61. The van der Waals surface area contributed by atoms with E-state index in [1.807, 2.05) is 43.5 Å². The smallest absolute Gasteiger partial charge is 0.137 e. The lowest BCUT2D eigenvalue weighted by Gasteiger charge is -2.32. The third-order valence-electron chi connectivity index (χ3n) is 4.61. The molecule has 140 valence electrons. The highest BCUT2D eigenvalue weighted by molar-refractivity contribution is 5.54. The lowest BCUT2D eigenvalue weighted by Crippen LogP contribution is -2.44. The molecule has 0 aliphatic carbocycles. The minimum Gasteiger partial charge on any atom is -0.489 e. The Morgan fingerprint density at radius 1 is 1.15 bits per heavy atom. The van der Waals surface area contributed by atoms with Crippen LogP contribution < -0.4 is 4.74 Å². The van der Waals surface area contributed by atoms with Gasteiger partial charge in [-0.05, 0) is 19.1 Å². The van der Waals surface area contributed by atoms with E-state index in [0.29, 0.717) is 13.2 Å². The molecule has 0 saturated carbocycles. The molecular weight excluding hydrogens is 340 g/mol. The molecule has 0 bridgehead atoms. The van der Waals surface area contributed by atoms with E-state index in [1.54, 1.807) is 6.20 Å². The van der Waals surface area contributed by atoms with Crippen molar-refractivity contribution in [2.45, 2.75) is 19.6 Å². The number of hydrogen-bond acceptors (Lipinski definition) is 5. The molecule has 0 spiro atoms. The number of hydrogen-bond donors (Lipinski definition) is 1. The van der Waals surface area contributed by atoms with Gasteiger partial charge in [-0.2, -0.15) is 0 Å². The van der Waals surface area contributed by atoms with Gasteiger partial charge in [-0.3, -0.25) is 9.88 Å². The van der Waals surface area contributed by atoms with Gasteiger partial charge >= 0.3 is 0 Å². The van der Waals surface area contributed by atoms with Crippen LogP contribution in [0.2, 0.25) is 0 Å². The molecule has 4 rings (SSSR count). The summed E-state index contributed by atoms with van der Waals surface area (Å²) in [6.07, 6.45) is 3.73. The van der Waals surface area contributed by atoms with Crippen molar-refractivity contribution in [3.8, 4) is 17.1 Å². The molecular formula is C21H24N4O2. The van der Waals surface area contributed by atoms with Gasteiger partial charge in [0.2, 0.25) is 0 Å². The zero-order valence-electron chi connectivity index (χ0n) is 15.5. The number of ether oxygens (including phenoxy) is 2. The Morgan fingerprint density at radius 3 is 2.85 bits per heavy atom. The van der Waals surface area contributed by atoms with Crippen molar-refractivity contribution in [3.05, 3.63) is 66.2 Å². The fraction of sp³-hybridized carbons (Fsp3) is 0.333. The van der Waals surface area contributed by atoms with E-state index in [9.17, 15) is 0 Å². The Hall–Kier alpha value is -2.70. The number of benzene rings is 1. The van der Waals surface area contributed by atoms with E-state index in [0.717, 1.165) is 48.2 Å².